The standard InChI is InChI=1S/C12H9ClN2OS/c13-11-4-2-1-3-10(11)8-17-12-14-5-9(7-16)6-15-12/h1-7H,8H2. The second-order valence-corrected chi connectivity index (χ2v) is 4.65. The van der Waals surface area contributed by atoms with Gasteiger partial charge in [0, 0.05) is 23.2 Å². The van der Waals surface area contributed by atoms with Crippen molar-refractivity contribution in [3.05, 3.63) is 52.8 Å². The third-order valence-corrected chi connectivity index (χ3v) is 3.39. The number of nitrogens with zero attached hydrogens (tertiary/aromatic N) is 2. The lowest BCUT2D eigenvalue weighted by Gasteiger charge is -2.02. The highest BCUT2D eigenvalue weighted by Gasteiger charge is 2.02. The number of hydrogen-bond acceptors (Lipinski definition) is 4. The number of halogens is 1. The molecular weight excluding hydrogens is 256 g/mol. The predicted octanol–water partition coefficient (Wildman–Crippen LogP) is 3.23. The van der Waals surface area contributed by atoms with Crippen LogP contribution in [0, 0.1) is 0 Å². The fourth-order valence-corrected chi connectivity index (χ4v) is 2.29. The highest BCUT2D eigenvalue weighted by Crippen LogP contribution is 2.23. The Hall–Kier alpha value is -1.39. The van der Waals surface area contributed by atoms with Crippen LogP contribution in [0.1, 0.15) is 15.9 Å². The van der Waals surface area contributed by atoms with Gasteiger partial charge in [0.1, 0.15) is 0 Å². The third kappa shape index (κ3) is 3.28. The monoisotopic (exact) mass is 264 g/mol. The van der Waals surface area contributed by atoms with E-state index in [1.807, 2.05) is 24.3 Å². The second-order valence-electron chi connectivity index (χ2n) is 3.30. The van der Waals surface area contributed by atoms with Crippen LogP contribution in [0.4, 0.5) is 0 Å². The summed E-state index contributed by atoms with van der Waals surface area (Å²) in [7, 11) is 0. The van der Waals surface area contributed by atoms with E-state index in [4.69, 9.17) is 11.6 Å². The first-order valence-electron chi connectivity index (χ1n) is 4.93. The van der Waals surface area contributed by atoms with E-state index >= 15 is 0 Å². The van der Waals surface area contributed by atoms with Crippen molar-refractivity contribution in [2.45, 2.75) is 10.9 Å². The van der Waals surface area contributed by atoms with Gasteiger partial charge in [-0.1, -0.05) is 41.6 Å². The van der Waals surface area contributed by atoms with Crippen molar-refractivity contribution in [2.75, 3.05) is 0 Å². The van der Waals surface area contributed by atoms with Crippen molar-refractivity contribution in [3.63, 3.8) is 0 Å². The Morgan fingerprint density at radius 2 is 1.94 bits per heavy atom. The summed E-state index contributed by atoms with van der Waals surface area (Å²) < 4.78 is 0. The van der Waals surface area contributed by atoms with Gasteiger partial charge < -0.3 is 0 Å². The van der Waals surface area contributed by atoms with E-state index in [2.05, 4.69) is 9.97 Å². The summed E-state index contributed by atoms with van der Waals surface area (Å²) in [5.41, 5.74) is 1.52. The van der Waals surface area contributed by atoms with Gasteiger partial charge >= 0.3 is 0 Å². The van der Waals surface area contributed by atoms with Gasteiger partial charge in [-0.15, -0.1) is 0 Å². The van der Waals surface area contributed by atoms with E-state index in [-0.39, 0.29) is 0 Å². The molecule has 86 valence electrons. The molecule has 0 saturated carbocycles. The van der Waals surface area contributed by atoms with Crippen molar-refractivity contribution in [2.24, 2.45) is 0 Å². The molecule has 1 aromatic heterocycles. The van der Waals surface area contributed by atoms with Gasteiger partial charge in [0.05, 0.1) is 5.56 Å². The number of rotatable bonds is 4. The second kappa shape index (κ2) is 5.80. The predicted molar refractivity (Wildman–Crippen MR) is 68.4 cm³/mol. The number of aromatic nitrogens is 2. The molecule has 0 bridgehead atoms. The number of carbonyl (C=O) groups excluding carboxylic acids is 1. The molecule has 2 rings (SSSR count). The van der Waals surface area contributed by atoms with Crippen LogP contribution in [-0.4, -0.2) is 16.3 Å². The molecule has 1 heterocycles. The zero-order valence-electron chi connectivity index (χ0n) is 8.84. The van der Waals surface area contributed by atoms with Crippen LogP contribution >= 0.6 is 23.4 Å². The Bertz CT molecular complexity index is 516. The lowest BCUT2D eigenvalue weighted by Crippen LogP contribution is -1.90. The number of benzene rings is 1. The first-order chi connectivity index (χ1) is 8.29. The molecule has 3 nitrogen and oxygen atoms in total. The quantitative estimate of drug-likeness (QED) is 0.483. The summed E-state index contributed by atoms with van der Waals surface area (Å²) in [6, 6.07) is 7.66. The molecule has 0 saturated heterocycles. The Balaban J connectivity index is 2.02. The Morgan fingerprint density at radius 3 is 2.59 bits per heavy atom. The summed E-state index contributed by atoms with van der Waals surface area (Å²) in [6.07, 6.45) is 3.74. The highest BCUT2D eigenvalue weighted by molar-refractivity contribution is 7.98. The largest absolute Gasteiger partial charge is 0.298 e. The Morgan fingerprint density at radius 1 is 1.24 bits per heavy atom. The number of aldehydes is 1. The normalized spacial score (nSPS) is 10.2. The van der Waals surface area contributed by atoms with Crippen molar-refractivity contribution < 1.29 is 4.79 Å². The number of carbonyl (C=O) groups is 1. The number of thioether (sulfide) groups is 1. The molecule has 0 amide bonds. The fourth-order valence-electron chi connectivity index (χ4n) is 1.22. The summed E-state index contributed by atoms with van der Waals surface area (Å²) in [4.78, 5) is 18.6. The topological polar surface area (TPSA) is 42.9 Å². The molecule has 0 aliphatic carbocycles. The van der Waals surface area contributed by atoms with Crippen molar-refractivity contribution >= 4 is 29.6 Å². The third-order valence-electron chi connectivity index (χ3n) is 2.10. The van der Waals surface area contributed by atoms with E-state index in [9.17, 15) is 4.79 Å². The fraction of sp³-hybridized carbons (Fsp3) is 0.0833. The van der Waals surface area contributed by atoms with Crippen LogP contribution < -0.4 is 0 Å². The van der Waals surface area contributed by atoms with Crippen LogP contribution in [0.15, 0.2) is 41.8 Å². The first-order valence-corrected chi connectivity index (χ1v) is 6.29. The molecule has 0 spiro atoms. The molecule has 0 aliphatic rings. The zero-order valence-corrected chi connectivity index (χ0v) is 10.4. The zero-order chi connectivity index (χ0) is 12.1. The van der Waals surface area contributed by atoms with Gasteiger partial charge in [-0.3, -0.25) is 4.79 Å². The van der Waals surface area contributed by atoms with Gasteiger partial charge in [-0.05, 0) is 11.6 Å². The summed E-state index contributed by atoms with van der Waals surface area (Å²) in [5.74, 6) is 0.708. The minimum absolute atomic E-state index is 0.479. The average molecular weight is 265 g/mol. The molecule has 17 heavy (non-hydrogen) atoms. The lowest BCUT2D eigenvalue weighted by atomic mass is 10.2. The molecule has 0 fully saturated rings. The maximum atomic E-state index is 10.4. The van der Waals surface area contributed by atoms with Gasteiger partial charge in [0.25, 0.3) is 0 Å². The van der Waals surface area contributed by atoms with Gasteiger partial charge in [-0.2, -0.15) is 0 Å². The highest BCUT2D eigenvalue weighted by atomic mass is 35.5. The molecule has 0 N–H and O–H groups in total. The van der Waals surface area contributed by atoms with Gasteiger partial charge in [0.15, 0.2) is 11.4 Å². The Labute approximate surface area is 108 Å². The van der Waals surface area contributed by atoms with Crippen LogP contribution in [0.3, 0.4) is 0 Å². The smallest absolute Gasteiger partial charge is 0.187 e. The minimum Gasteiger partial charge on any atom is -0.298 e. The van der Waals surface area contributed by atoms with E-state index in [1.54, 1.807) is 0 Å². The molecule has 0 aliphatic heterocycles. The van der Waals surface area contributed by atoms with E-state index in [0.717, 1.165) is 16.9 Å². The van der Waals surface area contributed by atoms with Crippen LogP contribution in [-0.2, 0) is 5.75 Å². The summed E-state index contributed by atoms with van der Waals surface area (Å²) in [5, 5.41) is 1.38. The molecule has 5 heteroatoms. The summed E-state index contributed by atoms with van der Waals surface area (Å²) >= 11 is 7.52. The van der Waals surface area contributed by atoms with Crippen molar-refractivity contribution in [3.8, 4) is 0 Å². The molecule has 2 aromatic rings. The molecule has 0 radical (unpaired) electrons. The average Bonchev–Trinajstić information content (AvgIpc) is 2.38. The molecular formula is C12H9ClN2OS. The number of hydrogen-bond donors (Lipinski definition) is 0. The van der Waals surface area contributed by atoms with Crippen LogP contribution in [0.2, 0.25) is 5.02 Å². The summed E-state index contributed by atoms with van der Waals surface area (Å²) in [6.45, 7) is 0. The van der Waals surface area contributed by atoms with E-state index in [1.165, 1.54) is 24.2 Å². The molecule has 0 atom stereocenters. The van der Waals surface area contributed by atoms with Gasteiger partial charge in [0.2, 0.25) is 0 Å². The van der Waals surface area contributed by atoms with Crippen LogP contribution in [0.25, 0.3) is 0 Å². The first kappa shape index (κ1) is 12.1. The maximum absolute atomic E-state index is 10.4. The maximum Gasteiger partial charge on any atom is 0.187 e. The van der Waals surface area contributed by atoms with Crippen molar-refractivity contribution in [1.82, 2.24) is 9.97 Å². The van der Waals surface area contributed by atoms with E-state index < -0.39 is 0 Å². The molecule has 1 aromatic carbocycles. The van der Waals surface area contributed by atoms with Gasteiger partial charge in [-0.25, -0.2) is 9.97 Å². The Kier molecular flexibility index (Phi) is 4.12. The minimum atomic E-state index is 0.479. The van der Waals surface area contributed by atoms with Crippen molar-refractivity contribution in [1.29, 1.82) is 0 Å². The molecule has 0 unspecified atom stereocenters. The SMILES string of the molecule is O=Cc1cnc(SCc2ccccc2Cl)nc1. The van der Waals surface area contributed by atoms with E-state index in [0.29, 0.717) is 16.5 Å². The lowest BCUT2D eigenvalue weighted by molar-refractivity contribution is 0.112. The van der Waals surface area contributed by atoms with Crippen LogP contribution in [0.5, 0.6) is 0 Å².